The number of allylic oxidation sites excluding steroid dienone is 1. The molecular weight excluding hydrogens is 634 g/mol. The van der Waals surface area contributed by atoms with Crippen molar-refractivity contribution < 1.29 is 33.8 Å². The Morgan fingerprint density at radius 1 is 1.06 bits per heavy atom. The lowest BCUT2D eigenvalue weighted by Crippen LogP contribution is -2.60. The Bertz CT molecular complexity index is 1550. The number of hydrogen-bond donors (Lipinski definition) is 1. The van der Waals surface area contributed by atoms with Gasteiger partial charge >= 0.3 is 5.97 Å². The maximum absolute atomic E-state index is 14.8. The van der Waals surface area contributed by atoms with E-state index in [1.54, 1.807) is 29.0 Å². The zero-order chi connectivity index (χ0) is 36.2. The van der Waals surface area contributed by atoms with E-state index < -0.39 is 59.6 Å². The summed E-state index contributed by atoms with van der Waals surface area (Å²) in [5.74, 6) is -3.37. The molecule has 0 unspecified atom stereocenters. The van der Waals surface area contributed by atoms with E-state index in [1.165, 1.54) is 4.90 Å². The van der Waals surface area contributed by atoms with Crippen molar-refractivity contribution in [1.29, 1.82) is 0 Å². The Morgan fingerprint density at radius 3 is 2.32 bits per heavy atom. The van der Waals surface area contributed by atoms with E-state index in [0.717, 1.165) is 5.56 Å². The number of carbonyl (C=O) groups is 4. The van der Waals surface area contributed by atoms with Crippen LogP contribution >= 0.6 is 0 Å². The van der Waals surface area contributed by atoms with Crippen LogP contribution in [0.1, 0.15) is 63.7 Å². The second-order valence-electron chi connectivity index (χ2n) is 14.0. The Hall–Kier alpha value is -4.28. The van der Waals surface area contributed by atoms with Crippen LogP contribution in [0, 0.1) is 11.8 Å². The van der Waals surface area contributed by atoms with Crippen LogP contribution in [0.25, 0.3) is 0 Å². The summed E-state index contributed by atoms with van der Waals surface area (Å²) in [6.45, 7) is 13.1. The number of likely N-dealkylation sites (tertiary alicyclic amines) is 1. The van der Waals surface area contributed by atoms with Crippen molar-refractivity contribution in [2.75, 3.05) is 20.2 Å². The number of amides is 3. The SMILES string of the molecule is C=CCCC(=O)N(C)[C@H](C)[C@H](OC(=O)[C@@H]1[C@@H]2CC[C@]3(O2)[C@H](C(=O)N(CC=C)C(C)C)N([C@@H](CO)Cc2ccccc2)C(=O)[C@@H]13)c1ccccc1. The molecule has 0 aromatic heterocycles. The normalized spacial score (nSPS) is 25.5. The van der Waals surface area contributed by atoms with Gasteiger partial charge in [-0.15, -0.1) is 13.2 Å². The molecule has 3 heterocycles. The number of aliphatic hydroxyl groups is 1. The summed E-state index contributed by atoms with van der Waals surface area (Å²) in [7, 11) is 1.69. The summed E-state index contributed by atoms with van der Waals surface area (Å²) in [6, 6.07) is 16.3. The minimum Gasteiger partial charge on any atom is -0.455 e. The standard InChI is InChI=1S/C40H51N3O7/c1-7-9-20-32(45)41(6)27(5)35(29-18-14-11-15-19-29)49-39(48)33-31-21-22-40(50-31)34(33)37(46)43(30(25-44)24-28-16-12-10-13-17-28)36(40)38(47)42(23-8-2)26(3)4/h7-8,10-19,26-27,30-31,33-36,44H,1-2,9,20-25H2,3-6H3/t27-,30-,31+,33-,34-,35+,36+,40-/m1/s1. The number of esters is 1. The molecule has 10 heteroatoms. The molecule has 2 aromatic rings. The number of nitrogens with zero attached hydrogens (tertiary/aromatic N) is 3. The van der Waals surface area contributed by atoms with Gasteiger partial charge in [-0.05, 0) is 57.6 Å². The number of hydrogen-bond acceptors (Lipinski definition) is 7. The van der Waals surface area contributed by atoms with Gasteiger partial charge in [0, 0.05) is 26.1 Å². The van der Waals surface area contributed by atoms with Crippen molar-refractivity contribution in [3.05, 3.63) is 97.1 Å². The van der Waals surface area contributed by atoms with Crippen LogP contribution in [0.15, 0.2) is 86.0 Å². The average molecular weight is 686 g/mol. The summed E-state index contributed by atoms with van der Waals surface area (Å²) in [5, 5.41) is 10.8. The van der Waals surface area contributed by atoms with E-state index in [1.807, 2.05) is 81.4 Å². The Balaban J connectivity index is 1.52. The van der Waals surface area contributed by atoms with Crippen molar-refractivity contribution in [2.24, 2.45) is 11.8 Å². The molecule has 8 atom stereocenters. The zero-order valence-corrected chi connectivity index (χ0v) is 29.6. The van der Waals surface area contributed by atoms with Crippen molar-refractivity contribution in [2.45, 2.75) is 94.9 Å². The van der Waals surface area contributed by atoms with Crippen LogP contribution in [0.5, 0.6) is 0 Å². The molecule has 10 nitrogen and oxygen atoms in total. The summed E-state index contributed by atoms with van der Waals surface area (Å²) < 4.78 is 13.0. The maximum atomic E-state index is 14.8. The van der Waals surface area contributed by atoms with Gasteiger partial charge in [-0.3, -0.25) is 19.2 Å². The fourth-order valence-corrected chi connectivity index (χ4v) is 8.14. The van der Waals surface area contributed by atoms with Gasteiger partial charge in [0.05, 0.1) is 36.6 Å². The van der Waals surface area contributed by atoms with Gasteiger partial charge in [-0.1, -0.05) is 72.8 Å². The first-order valence-electron chi connectivity index (χ1n) is 17.7. The molecule has 0 aliphatic carbocycles. The highest BCUT2D eigenvalue weighted by Gasteiger charge is 2.75. The van der Waals surface area contributed by atoms with Crippen LogP contribution in [0.3, 0.4) is 0 Å². The van der Waals surface area contributed by atoms with Crippen LogP contribution in [0.4, 0.5) is 0 Å². The highest BCUT2D eigenvalue weighted by Crippen LogP contribution is 2.59. The number of rotatable bonds is 16. The fourth-order valence-electron chi connectivity index (χ4n) is 8.14. The smallest absolute Gasteiger partial charge is 0.313 e. The molecule has 268 valence electrons. The molecule has 0 saturated carbocycles. The maximum Gasteiger partial charge on any atom is 0.313 e. The predicted molar refractivity (Wildman–Crippen MR) is 189 cm³/mol. The lowest BCUT2D eigenvalue weighted by molar-refractivity contribution is -0.165. The highest BCUT2D eigenvalue weighted by atomic mass is 16.6. The predicted octanol–water partition coefficient (Wildman–Crippen LogP) is 4.49. The minimum atomic E-state index is -1.27. The Labute approximate surface area is 295 Å². The number of fused-ring (bicyclic) bond motifs is 1. The van der Waals surface area contributed by atoms with Crippen molar-refractivity contribution in [3.63, 3.8) is 0 Å². The molecule has 3 aliphatic heterocycles. The van der Waals surface area contributed by atoms with Crippen LogP contribution < -0.4 is 0 Å². The molecule has 5 rings (SSSR count). The van der Waals surface area contributed by atoms with Crippen molar-refractivity contribution >= 4 is 23.7 Å². The molecule has 1 spiro atoms. The van der Waals surface area contributed by atoms with E-state index in [2.05, 4.69) is 13.2 Å². The summed E-state index contributed by atoms with van der Waals surface area (Å²) in [5.41, 5.74) is 0.342. The molecule has 2 aromatic carbocycles. The first kappa shape index (κ1) is 37.0. The number of aliphatic hydroxyl groups excluding tert-OH is 1. The highest BCUT2D eigenvalue weighted by molar-refractivity contribution is 5.98. The first-order chi connectivity index (χ1) is 24.0. The van der Waals surface area contributed by atoms with Gasteiger partial charge in [-0.2, -0.15) is 0 Å². The monoisotopic (exact) mass is 685 g/mol. The van der Waals surface area contributed by atoms with Crippen molar-refractivity contribution in [1.82, 2.24) is 14.7 Å². The second kappa shape index (κ2) is 15.7. The van der Waals surface area contributed by atoms with E-state index in [-0.39, 0.29) is 37.4 Å². The molecule has 2 bridgehead atoms. The van der Waals surface area contributed by atoms with Gasteiger partial charge in [0.2, 0.25) is 17.7 Å². The third-order valence-electron chi connectivity index (χ3n) is 10.8. The lowest BCUT2D eigenvalue weighted by Gasteiger charge is -2.40. The molecule has 0 radical (unpaired) electrons. The average Bonchev–Trinajstić information content (AvgIpc) is 3.77. The fraction of sp³-hybridized carbons (Fsp3) is 0.500. The van der Waals surface area contributed by atoms with Crippen molar-refractivity contribution in [3.8, 4) is 0 Å². The molecule has 3 fully saturated rings. The van der Waals surface area contributed by atoms with Gasteiger partial charge in [0.15, 0.2) is 0 Å². The van der Waals surface area contributed by atoms with E-state index in [9.17, 15) is 24.3 Å². The van der Waals surface area contributed by atoms with Gasteiger partial charge in [-0.25, -0.2) is 0 Å². The van der Waals surface area contributed by atoms with Gasteiger partial charge in [0.25, 0.3) is 0 Å². The summed E-state index contributed by atoms with van der Waals surface area (Å²) >= 11 is 0. The van der Waals surface area contributed by atoms with E-state index in [4.69, 9.17) is 9.47 Å². The van der Waals surface area contributed by atoms with Crippen LogP contribution in [-0.2, 0) is 35.1 Å². The third-order valence-corrected chi connectivity index (χ3v) is 10.8. The largest absolute Gasteiger partial charge is 0.455 e. The molecule has 3 aliphatic rings. The van der Waals surface area contributed by atoms with Gasteiger partial charge < -0.3 is 29.3 Å². The van der Waals surface area contributed by atoms with E-state index in [0.29, 0.717) is 31.2 Å². The second-order valence-corrected chi connectivity index (χ2v) is 14.0. The zero-order valence-electron chi connectivity index (χ0n) is 29.6. The quantitative estimate of drug-likeness (QED) is 0.205. The molecule has 50 heavy (non-hydrogen) atoms. The van der Waals surface area contributed by atoms with Gasteiger partial charge in [0.1, 0.15) is 17.7 Å². The summed E-state index contributed by atoms with van der Waals surface area (Å²) in [4.78, 5) is 61.7. The number of carbonyl (C=O) groups excluding carboxylic acids is 4. The number of likely N-dealkylation sites (N-methyl/N-ethyl adjacent to an activating group) is 1. The third kappa shape index (κ3) is 6.88. The topological polar surface area (TPSA) is 117 Å². The molecule has 1 N–H and O–H groups in total. The molecule has 3 amide bonds. The first-order valence-corrected chi connectivity index (χ1v) is 17.7. The number of benzene rings is 2. The minimum absolute atomic E-state index is 0.109. The Morgan fingerprint density at radius 2 is 1.72 bits per heavy atom. The lowest BCUT2D eigenvalue weighted by atomic mass is 9.70. The molecule has 3 saturated heterocycles. The Kier molecular flexibility index (Phi) is 11.6. The summed E-state index contributed by atoms with van der Waals surface area (Å²) in [6.07, 6.45) is 3.89. The molecular formula is C40H51N3O7. The number of ether oxygens (including phenoxy) is 2. The van der Waals surface area contributed by atoms with Crippen LogP contribution in [-0.4, -0.2) is 99.6 Å². The van der Waals surface area contributed by atoms with Crippen LogP contribution in [0.2, 0.25) is 0 Å². The van der Waals surface area contributed by atoms with E-state index >= 15 is 0 Å².